The molecule has 0 radical (unpaired) electrons. The fraction of sp³-hybridized carbons (Fsp3) is 0.167. The average Bonchev–Trinajstić information content (AvgIpc) is 2.52. The SMILES string of the molecule is CC=NC(=CC)c1ccccc1OCc1ccc(F)cc1. The monoisotopic (exact) mass is 283 g/mol. The van der Waals surface area contributed by atoms with E-state index < -0.39 is 0 Å². The van der Waals surface area contributed by atoms with Crippen molar-refractivity contribution >= 4 is 11.9 Å². The first-order valence-electron chi connectivity index (χ1n) is 6.86. The maximum atomic E-state index is 12.9. The molecule has 0 bridgehead atoms. The van der Waals surface area contributed by atoms with Crippen LogP contribution in [-0.2, 0) is 6.61 Å². The van der Waals surface area contributed by atoms with E-state index in [-0.39, 0.29) is 5.82 Å². The molecule has 0 heterocycles. The fourth-order valence-electron chi connectivity index (χ4n) is 1.98. The molecule has 0 spiro atoms. The van der Waals surface area contributed by atoms with E-state index in [4.69, 9.17) is 4.74 Å². The van der Waals surface area contributed by atoms with Gasteiger partial charge in [0.15, 0.2) is 0 Å². The minimum Gasteiger partial charge on any atom is -0.488 e. The van der Waals surface area contributed by atoms with E-state index >= 15 is 0 Å². The standard InChI is InChI=1S/C18H18FNO/c1-3-17(20-4-2)16-7-5-6-8-18(16)21-13-14-9-11-15(19)12-10-14/h3-12H,13H2,1-2H3. The summed E-state index contributed by atoms with van der Waals surface area (Å²) in [5.74, 6) is 0.521. The Morgan fingerprint density at radius 1 is 1.10 bits per heavy atom. The Labute approximate surface area is 124 Å². The van der Waals surface area contributed by atoms with Gasteiger partial charge in [-0.3, -0.25) is 4.99 Å². The van der Waals surface area contributed by atoms with Crippen LogP contribution in [0.15, 0.2) is 59.6 Å². The first-order valence-corrected chi connectivity index (χ1v) is 6.86. The van der Waals surface area contributed by atoms with Crippen molar-refractivity contribution in [3.05, 3.63) is 71.6 Å². The highest BCUT2D eigenvalue weighted by Gasteiger charge is 2.07. The highest BCUT2D eigenvalue weighted by atomic mass is 19.1. The zero-order valence-electron chi connectivity index (χ0n) is 12.2. The summed E-state index contributed by atoms with van der Waals surface area (Å²) in [6, 6.07) is 14.1. The molecule has 0 saturated carbocycles. The summed E-state index contributed by atoms with van der Waals surface area (Å²) in [4.78, 5) is 4.35. The predicted octanol–water partition coefficient (Wildman–Crippen LogP) is 4.86. The summed E-state index contributed by atoms with van der Waals surface area (Å²) < 4.78 is 18.7. The van der Waals surface area contributed by atoms with Crippen LogP contribution in [0.25, 0.3) is 5.70 Å². The van der Waals surface area contributed by atoms with Crippen molar-refractivity contribution in [2.24, 2.45) is 4.99 Å². The van der Waals surface area contributed by atoms with Crippen molar-refractivity contribution in [3.8, 4) is 5.75 Å². The van der Waals surface area contributed by atoms with Crippen molar-refractivity contribution in [3.63, 3.8) is 0 Å². The van der Waals surface area contributed by atoms with Gasteiger partial charge in [0, 0.05) is 11.8 Å². The summed E-state index contributed by atoms with van der Waals surface area (Å²) in [7, 11) is 0. The number of rotatable bonds is 5. The Hall–Kier alpha value is -2.42. The lowest BCUT2D eigenvalue weighted by Crippen LogP contribution is -1.98. The van der Waals surface area contributed by atoms with E-state index in [0.717, 1.165) is 22.6 Å². The van der Waals surface area contributed by atoms with Gasteiger partial charge in [0.1, 0.15) is 18.2 Å². The van der Waals surface area contributed by atoms with Gasteiger partial charge >= 0.3 is 0 Å². The fourth-order valence-corrected chi connectivity index (χ4v) is 1.98. The molecule has 0 aliphatic carbocycles. The summed E-state index contributed by atoms with van der Waals surface area (Å²) in [6.45, 7) is 4.22. The summed E-state index contributed by atoms with van der Waals surface area (Å²) in [5, 5.41) is 0. The molecular weight excluding hydrogens is 265 g/mol. The van der Waals surface area contributed by atoms with Gasteiger partial charge in [-0.2, -0.15) is 0 Å². The van der Waals surface area contributed by atoms with Crippen LogP contribution in [-0.4, -0.2) is 6.21 Å². The normalized spacial score (nSPS) is 11.9. The van der Waals surface area contributed by atoms with E-state index in [2.05, 4.69) is 4.99 Å². The van der Waals surface area contributed by atoms with Crippen molar-refractivity contribution in [1.82, 2.24) is 0 Å². The zero-order valence-corrected chi connectivity index (χ0v) is 12.2. The van der Waals surface area contributed by atoms with E-state index in [1.54, 1.807) is 18.3 Å². The Morgan fingerprint density at radius 3 is 2.48 bits per heavy atom. The lowest BCUT2D eigenvalue weighted by Gasteiger charge is -2.11. The molecule has 0 fully saturated rings. The number of nitrogens with zero attached hydrogens (tertiary/aromatic N) is 1. The number of hydrogen-bond acceptors (Lipinski definition) is 2. The third-order valence-electron chi connectivity index (χ3n) is 3.01. The smallest absolute Gasteiger partial charge is 0.129 e. The van der Waals surface area contributed by atoms with Crippen molar-refractivity contribution in [1.29, 1.82) is 0 Å². The minimum absolute atomic E-state index is 0.243. The zero-order chi connectivity index (χ0) is 15.1. The first kappa shape index (κ1) is 15.0. The maximum Gasteiger partial charge on any atom is 0.129 e. The molecule has 108 valence electrons. The molecule has 0 aromatic heterocycles. The van der Waals surface area contributed by atoms with Crippen LogP contribution >= 0.6 is 0 Å². The molecule has 3 heteroatoms. The molecule has 0 atom stereocenters. The molecule has 0 saturated heterocycles. The maximum absolute atomic E-state index is 12.9. The lowest BCUT2D eigenvalue weighted by molar-refractivity contribution is 0.305. The number of para-hydroxylation sites is 1. The Morgan fingerprint density at radius 2 is 1.81 bits per heavy atom. The van der Waals surface area contributed by atoms with Crippen LogP contribution in [0.4, 0.5) is 4.39 Å². The number of allylic oxidation sites excluding steroid dienone is 1. The van der Waals surface area contributed by atoms with Crippen LogP contribution in [0, 0.1) is 5.82 Å². The second-order valence-corrected chi connectivity index (χ2v) is 4.47. The van der Waals surface area contributed by atoms with E-state index in [9.17, 15) is 4.39 Å². The number of aliphatic imine (C=N–C) groups is 1. The first-order chi connectivity index (χ1) is 10.2. The largest absolute Gasteiger partial charge is 0.488 e. The molecule has 0 N–H and O–H groups in total. The van der Waals surface area contributed by atoms with Gasteiger partial charge in [0.05, 0.1) is 5.70 Å². The minimum atomic E-state index is -0.243. The molecule has 2 aromatic carbocycles. The quantitative estimate of drug-likeness (QED) is 0.718. The van der Waals surface area contributed by atoms with E-state index in [1.807, 2.05) is 44.2 Å². The number of benzene rings is 2. The van der Waals surface area contributed by atoms with Crippen LogP contribution < -0.4 is 4.74 Å². The van der Waals surface area contributed by atoms with Crippen LogP contribution in [0.1, 0.15) is 25.0 Å². The highest BCUT2D eigenvalue weighted by Crippen LogP contribution is 2.27. The molecule has 2 rings (SSSR count). The van der Waals surface area contributed by atoms with Gasteiger partial charge in [-0.1, -0.05) is 30.3 Å². The summed E-state index contributed by atoms with van der Waals surface area (Å²) >= 11 is 0. The van der Waals surface area contributed by atoms with Crippen molar-refractivity contribution in [2.75, 3.05) is 0 Å². The van der Waals surface area contributed by atoms with Crippen LogP contribution in [0.5, 0.6) is 5.75 Å². The third kappa shape index (κ3) is 4.02. The second kappa shape index (κ2) is 7.39. The lowest BCUT2D eigenvalue weighted by atomic mass is 10.1. The molecular formula is C18H18FNO. The van der Waals surface area contributed by atoms with Crippen LogP contribution in [0.2, 0.25) is 0 Å². The predicted molar refractivity (Wildman–Crippen MR) is 85.0 cm³/mol. The Bertz CT molecular complexity index is 645. The highest BCUT2D eigenvalue weighted by molar-refractivity contribution is 5.75. The average molecular weight is 283 g/mol. The number of halogens is 1. The molecule has 0 aliphatic heterocycles. The van der Waals surface area contributed by atoms with E-state index in [0.29, 0.717) is 6.61 Å². The van der Waals surface area contributed by atoms with Gasteiger partial charge in [-0.05, 0) is 43.7 Å². The molecule has 21 heavy (non-hydrogen) atoms. The van der Waals surface area contributed by atoms with Crippen molar-refractivity contribution < 1.29 is 9.13 Å². The Balaban J connectivity index is 2.18. The Kier molecular flexibility index (Phi) is 5.27. The summed E-state index contributed by atoms with van der Waals surface area (Å²) in [5.41, 5.74) is 2.74. The van der Waals surface area contributed by atoms with Gasteiger partial charge in [-0.15, -0.1) is 0 Å². The molecule has 2 nitrogen and oxygen atoms in total. The van der Waals surface area contributed by atoms with Gasteiger partial charge in [0.2, 0.25) is 0 Å². The third-order valence-corrected chi connectivity index (χ3v) is 3.01. The van der Waals surface area contributed by atoms with E-state index in [1.165, 1.54) is 12.1 Å². The number of ether oxygens (including phenoxy) is 1. The second-order valence-electron chi connectivity index (χ2n) is 4.47. The summed E-state index contributed by atoms with van der Waals surface area (Å²) in [6.07, 6.45) is 3.70. The van der Waals surface area contributed by atoms with Crippen molar-refractivity contribution in [2.45, 2.75) is 20.5 Å². The molecule has 0 amide bonds. The van der Waals surface area contributed by atoms with Gasteiger partial charge in [-0.25, -0.2) is 4.39 Å². The number of hydrogen-bond donors (Lipinski definition) is 0. The molecule has 0 unspecified atom stereocenters. The van der Waals surface area contributed by atoms with Gasteiger partial charge < -0.3 is 4.74 Å². The van der Waals surface area contributed by atoms with Crippen LogP contribution in [0.3, 0.4) is 0 Å². The molecule has 0 aliphatic rings. The molecule has 2 aromatic rings. The topological polar surface area (TPSA) is 21.6 Å². The van der Waals surface area contributed by atoms with Gasteiger partial charge in [0.25, 0.3) is 0 Å².